The second-order valence-corrected chi connectivity index (χ2v) is 7.86. The van der Waals surface area contributed by atoms with Crippen molar-refractivity contribution in [1.82, 2.24) is 5.32 Å². The van der Waals surface area contributed by atoms with Crippen molar-refractivity contribution in [2.24, 2.45) is 0 Å². The number of para-hydroxylation sites is 1. The molecule has 2 aromatic carbocycles. The molecule has 0 aliphatic heterocycles. The molecule has 0 spiro atoms. The van der Waals surface area contributed by atoms with Crippen LogP contribution in [0.4, 0.5) is 5.69 Å². The summed E-state index contributed by atoms with van der Waals surface area (Å²) in [5, 5.41) is 2.80. The molecule has 0 radical (unpaired) electrons. The lowest BCUT2D eigenvalue weighted by atomic mass is 10.1. The van der Waals surface area contributed by atoms with Gasteiger partial charge in [-0.25, -0.2) is 8.42 Å². The Morgan fingerprint density at radius 3 is 2.24 bits per heavy atom. The minimum absolute atomic E-state index is 0.234. The highest BCUT2D eigenvalue weighted by Crippen LogP contribution is 2.23. The Hall–Kier alpha value is -2.34. The Morgan fingerprint density at radius 2 is 1.64 bits per heavy atom. The van der Waals surface area contributed by atoms with Crippen LogP contribution in [0.1, 0.15) is 23.6 Å². The smallest absolute Gasteiger partial charge is 0.241 e. The summed E-state index contributed by atoms with van der Waals surface area (Å²) in [6.45, 7) is 4.07. The molecule has 2 aromatic rings. The van der Waals surface area contributed by atoms with Crippen LogP contribution in [-0.2, 0) is 27.8 Å². The van der Waals surface area contributed by atoms with Crippen molar-refractivity contribution in [3.8, 4) is 0 Å². The highest BCUT2D eigenvalue weighted by molar-refractivity contribution is 7.92. The van der Waals surface area contributed by atoms with Crippen molar-refractivity contribution in [2.45, 2.75) is 26.8 Å². The number of hydrogen-bond acceptors (Lipinski definition) is 3. The summed E-state index contributed by atoms with van der Waals surface area (Å²) in [6, 6.07) is 15.0. The molecular weight excluding hydrogens is 336 g/mol. The molecule has 0 atom stereocenters. The summed E-state index contributed by atoms with van der Waals surface area (Å²) < 4.78 is 25.6. The van der Waals surface area contributed by atoms with Gasteiger partial charge in [-0.2, -0.15) is 0 Å². The molecule has 0 unspecified atom stereocenters. The second-order valence-electron chi connectivity index (χ2n) is 5.96. The maximum Gasteiger partial charge on any atom is 0.241 e. The van der Waals surface area contributed by atoms with Crippen molar-refractivity contribution in [3.63, 3.8) is 0 Å². The third kappa shape index (κ3) is 5.06. The van der Waals surface area contributed by atoms with Crippen LogP contribution in [0.25, 0.3) is 0 Å². The lowest BCUT2D eigenvalue weighted by Gasteiger charge is -2.24. The Labute approximate surface area is 149 Å². The van der Waals surface area contributed by atoms with Crippen LogP contribution < -0.4 is 9.62 Å². The van der Waals surface area contributed by atoms with Crippen LogP contribution in [0, 0.1) is 6.92 Å². The number of amides is 1. The van der Waals surface area contributed by atoms with Gasteiger partial charge in [0, 0.05) is 6.54 Å². The van der Waals surface area contributed by atoms with E-state index in [1.165, 1.54) is 4.31 Å². The molecule has 25 heavy (non-hydrogen) atoms. The summed E-state index contributed by atoms with van der Waals surface area (Å²) in [6.07, 6.45) is 1.81. The molecular formula is C19H24N2O3S. The van der Waals surface area contributed by atoms with Crippen molar-refractivity contribution in [3.05, 3.63) is 65.2 Å². The first-order valence-corrected chi connectivity index (χ1v) is 10.0. The number of sulfonamides is 1. The minimum atomic E-state index is -3.56. The van der Waals surface area contributed by atoms with Gasteiger partial charge in [0.05, 0.1) is 11.9 Å². The maximum atomic E-state index is 12.3. The molecule has 0 aromatic heterocycles. The fourth-order valence-corrected chi connectivity index (χ4v) is 3.51. The van der Waals surface area contributed by atoms with Gasteiger partial charge in [-0.15, -0.1) is 0 Å². The molecule has 0 bridgehead atoms. The van der Waals surface area contributed by atoms with Crippen LogP contribution in [0.5, 0.6) is 0 Å². The van der Waals surface area contributed by atoms with Gasteiger partial charge in [0.15, 0.2) is 0 Å². The van der Waals surface area contributed by atoms with E-state index in [2.05, 4.69) is 5.32 Å². The number of hydrogen-bond donors (Lipinski definition) is 1. The molecule has 1 N–H and O–H groups in total. The van der Waals surface area contributed by atoms with Gasteiger partial charge >= 0.3 is 0 Å². The molecule has 6 heteroatoms. The average Bonchev–Trinajstić information content (AvgIpc) is 2.58. The quantitative estimate of drug-likeness (QED) is 0.825. The third-order valence-electron chi connectivity index (χ3n) is 4.07. The van der Waals surface area contributed by atoms with Crippen molar-refractivity contribution >= 4 is 21.6 Å². The number of aryl methyl sites for hydroxylation is 2. The molecule has 0 heterocycles. The van der Waals surface area contributed by atoms with E-state index in [0.717, 1.165) is 22.9 Å². The highest BCUT2D eigenvalue weighted by atomic mass is 32.2. The largest absolute Gasteiger partial charge is 0.350 e. The molecule has 0 saturated carbocycles. The van der Waals surface area contributed by atoms with E-state index in [1.54, 1.807) is 12.1 Å². The van der Waals surface area contributed by atoms with Crippen molar-refractivity contribution < 1.29 is 13.2 Å². The Morgan fingerprint density at radius 1 is 1.04 bits per heavy atom. The molecule has 0 fully saturated rings. The summed E-state index contributed by atoms with van der Waals surface area (Å²) in [5.41, 5.74) is 3.54. The van der Waals surface area contributed by atoms with Crippen LogP contribution in [0.2, 0.25) is 0 Å². The van der Waals surface area contributed by atoms with Gasteiger partial charge in [-0.1, -0.05) is 49.4 Å². The lowest BCUT2D eigenvalue weighted by Crippen LogP contribution is -2.40. The van der Waals surface area contributed by atoms with E-state index in [-0.39, 0.29) is 12.5 Å². The van der Waals surface area contributed by atoms with Crippen molar-refractivity contribution in [2.75, 3.05) is 17.1 Å². The van der Waals surface area contributed by atoms with Gasteiger partial charge < -0.3 is 5.32 Å². The number of carbonyl (C=O) groups excluding carboxylic acids is 1. The number of anilines is 1. The minimum Gasteiger partial charge on any atom is -0.350 e. The molecule has 0 aliphatic carbocycles. The van der Waals surface area contributed by atoms with Gasteiger partial charge in [0.2, 0.25) is 15.9 Å². The van der Waals surface area contributed by atoms with Crippen LogP contribution in [0.3, 0.4) is 0 Å². The Bertz CT molecular complexity index is 847. The van der Waals surface area contributed by atoms with E-state index < -0.39 is 10.0 Å². The zero-order valence-corrected chi connectivity index (χ0v) is 15.6. The predicted molar refractivity (Wildman–Crippen MR) is 101 cm³/mol. The van der Waals surface area contributed by atoms with E-state index in [4.69, 9.17) is 0 Å². The zero-order chi connectivity index (χ0) is 18.4. The summed E-state index contributed by atoms with van der Waals surface area (Å²) in [7, 11) is -3.56. The van der Waals surface area contributed by atoms with Gasteiger partial charge in [0.25, 0.3) is 0 Å². The Kier molecular flexibility index (Phi) is 6.20. The number of carbonyl (C=O) groups is 1. The first-order chi connectivity index (χ1) is 11.8. The predicted octanol–water partition coefficient (Wildman–Crippen LogP) is 2.64. The van der Waals surface area contributed by atoms with E-state index >= 15 is 0 Å². The molecule has 2 rings (SSSR count). The first kappa shape index (κ1) is 19.0. The average molecular weight is 360 g/mol. The molecule has 5 nitrogen and oxygen atoms in total. The Balaban J connectivity index is 2.15. The molecule has 0 aliphatic rings. The normalized spacial score (nSPS) is 11.2. The summed E-state index contributed by atoms with van der Waals surface area (Å²) >= 11 is 0. The maximum absolute atomic E-state index is 12.3. The fraction of sp³-hybridized carbons (Fsp3) is 0.316. The monoisotopic (exact) mass is 360 g/mol. The number of benzene rings is 2. The summed E-state index contributed by atoms with van der Waals surface area (Å²) in [4.78, 5) is 12.3. The lowest BCUT2D eigenvalue weighted by molar-refractivity contribution is -0.119. The number of nitrogens with one attached hydrogen (secondary N) is 1. The second kappa shape index (κ2) is 8.16. The first-order valence-electron chi connectivity index (χ1n) is 8.19. The van der Waals surface area contributed by atoms with E-state index in [0.29, 0.717) is 18.7 Å². The molecule has 0 saturated heterocycles. The SMILES string of the molecule is CCc1ccccc1N(CC(=O)NCc1ccccc1C)S(C)(=O)=O. The number of rotatable bonds is 7. The molecule has 134 valence electrons. The van der Waals surface area contributed by atoms with Gasteiger partial charge in [-0.05, 0) is 36.1 Å². The topological polar surface area (TPSA) is 66.5 Å². The fourth-order valence-electron chi connectivity index (χ4n) is 2.62. The van der Waals surface area contributed by atoms with Gasteiger partial charge in [-0.3, -0.25) is 9.10 Å². The van der Waals surface area contributed by atoms with E-state index in [1.807, 2.05) is 50.2 Å². The van der Waals surface area contributed by atoms with Crippen LogP contribution in [0.15, 0.2) is 48.5 Å². The van der Waals surface area contributed by atoms with Crippen molar-refractivity contribution in [1.29, 1.82) is 0 Å². The highest BCUT2D eigenvalue weighted by Gasteiger charge is 2.22. The molecule has 1 amide bonds. The standard InChI is InChI=1S/C19H24N2O3S/c1-4-16-10-7-8-12-18(16)21(25(3,23)24)14-19(22)20-13-17-11-6-5-9-15(17)2/h5-12H,4,13-14H2,1-3H3,(H,20,22). The van der Waals surface area contributed by atoms with E-state index in [9.17, 15) is 13.2 Å². The third-order valence-corrected chi connectivity index (χ3v) is 5.19. The summed E-state index contributed by atoms with van der Waals surface area (Å²) in [5.74, 6) is -0.334. The zero-order valence-electron chi connectivity index (χ0n) is 14.8. The van der Waals surface area contributed by atoms with Crippen LogP contribution in [-0.4, -0.2) is 27.1 Å². The van der Waals surface area contributed by atoms with Gasteiger partial charge in [0.1, 0.15) is 6.54 Å². The number of nitrogens with zero attached hydrogens (tertiary/aromatic N) is 1. The van der Waals surface area contributed by atoms with Crippen LogP contribution >= 0.6 is 0 Å².